The molecule has 0 saturated carbocycles. The second kappa shape index (κ2) is 2.32. The molecule has 5 unspecified atom stereocenters. The van der Waals surface area contributed by atoms with E-state index in [0.717, 1.165) is 6.42 Å². The van der Waals surface area contributed by atoms with Crippen molar-refractivity contribution in [3.63, 3.8) is 0 Å². The van der Waals surface area contributed by atoms with Gasteiger partial charge in [0.2, 0.25) is 0 Å². The Morgan fingerprint density at radius 2 is 2.21 bits per heavy atom. The third-order valence-corrected chi connectivity index (χ3v) is 4.58. The largest absolute Gasteiger partial charge is 0.459 e. The molecule has 0 aromatic heterocycles. The molecule has 3 heteroatoms. The van der Waals surface area contributed by atoms with Gasteiger partial charge in [0.1, 0.15) is 12.2 Å². The van der Waals surface area contributed by atoms with Gasteiger partial charge in [-0.15, -0.1) is 0 Å². The molecule has 0 aliphatic carbocycles. The van der Waals surface area contributed by atoms with Crippen molar-refractivity contribution in [1.29, 1.82) is 0 Å². The second-order valence-electron chi connectivity index (χ2n) is 5.31. The zero-order valence-corrected chi connectivity index (χ0v) is 8.82. The van der Waals surface area contributed by atoms with Gasteiger partial charge in [-0.3, -0.25) is 4.79 Å². The number of carbonyl (C=O) groups is 1. The first-order valence-electron chi connectivity index (χ1n) is 5.41. The van der Waals surface area contributed by atoms with Gasteiger partial charge in [-0.2, -0.15) is 0 Å². The van der Waals surface area contributed by atoms with Gasteiger partial charge in [0.15, 0.2) is 0 Å². The Morgan fingerprint density at radius 3 is 2.86 bits per heavy atom. The standard InChI is InChI=1S/C11H16O3/c1-5(2)11(3)7-4-6-8(13-7)9(11)14-10(6)12/h5-9H,4H2,1-3H3. The molecule has 0 N–H and O–H groups in total. The highest BCUT2D eigenvalue weighted by molar-refractivity contribution is 5.77. The average molecular weight is 196 g/mol. The van der Waals surface area contributed by atoms with E-state index in [2.05, 4.69) is 20.8 Å². The molecule has 0 amide bonds. The molecule has 0 aromatic rings. The number of hydrogen-bond acceptors (Lipinski definition) is 3. The fraction of sp³-hybridized carbons (Fsp3) is 0.909. The summed E-state index contributed by atoms with van der Waals surface area (Å²) in [5.41, 5.74) is 0.0350. The first-order chi connectivity index (χ1) is 6.55. The minimum atomic E-state index is -0.0353. The number of rotatable bonds is 1. The number of ether oxygens (including phenoxy) is 2. The van der Waals surface area contributed by atoms with Gasteiger partial charge in [0.05, 0.1) is 12.0 Å². The first kappa shape index (κ1) is 8.72. The summed E-state index contributed by atoms with van der Waals surface area (Å²) in [6.45, 7) is 6.57. The lowest BCUT2D eigenvalue weighted by molar-refractivity contribution is -0.147. The van der Waals surface area contributed by atoms with Gasteiger partial charge < -0.3 is 9.47 Å². The van der Waals surface area contributed by atoms with E-state index < -0.39 is 0 Å². The highest BCUT2D eigenvalue weighted by Gasteiger charge is 2.69. The van der Waals surface area contributed by atoms with Crippen LogP contribution in [0.2, 0.25) is 0 Å². The smallest absolute Gasteiger partial charge is 0.312 e. The minimum absolute atomic E-state index is 0.0127. The van der Waals surface area contributed by atoms with Crippen molar-refractivity contribution in [2.75, 3.05) is 0 Å². The maximum atomic E-state index is 11.5. The Bertz CT molecular complexity index is 299. The van der Waals surface area contributed by atoms with Crippen LogP contribution in [-0.2, 0) is 14.3 Å². The van der Waals surface area contributed by atoms with Gasteiger partial charge in [0.25, 0.3) is 0 Å². The van der Waals surface area contributed by atoms with Crippen LogP contribution in [-0.4, -0.2) is 24.3 Å². The van der Waals surface area contributed by atoms with E-state index in [0.29, 0.717) is 5.92 Å². The van der Waals surface area contributed by atoms with Gasteiger partial charge in [-0.25, -0.2) is 0 Å². The molecule has 78 valence electrons. The molecule has 3 nitrogen and oxygen atoms in total. The monoisotopic (exact) mass is 196 g/mol. The summed E-state index contributed by atoms with van der Waals surface area (Å²) in [4.78, 5) is 11.5. The molecule has 0 aromatic carbocycles. The molecule has 14 heavy (non-hydrogen) atoms. The molecule has 3 aliphatic heterocycles. The topological polar surface area (TPSA) is 35.5 Å². The maximum Gasteiger partial charge on any atom is 0.312 e. The lowest BCUT2D eigenvalue weighted by Gasteiger charge is -2.37. The molecule has 5 atom stereocenters. The van der Waals surface area contributed by atoms with Crippen molar-refractivity contribution in [2.24, 2.45) is 17.3 Å². The van der Waals surface area contributed by atoms with Gasteiger partial charge >= 0.3 is 5.97 Å². The Morgan fingerprint density at radius 1 is 1.50 bits per heavy atom. The van der Waals surface area contributed by atoms with Crippen molar-refractivity contribution >= 4 is 5.97 Å². The number of hydrogen-bond donors (Lipinski definition) is 0. The Hall–Kier alpha value is -0.570. The maximum absolute atomic E-state index is 11.5. The van der Waals surface area contributed by atoms with E-state index in [1.807, 2.05) is 0 Å². The van der Waals surface area contributed by atoms with Crippen LogP contribution in [0.3, 0.4) is 0 Å². The molecule has 3 heterocycles. The first-order valence-corrected chi connectivity index (χ1v) is 5.41. The van der Waals surface area contributed by atoms with Crippen LogP contribution >= 0.6 is 0 Å². The fourth-order valence-electron chi connectivity index (χ4n) is 3.26. The molecule has 3 aliphatic rings. The molecule has 3 saturated heterocycles. The predicted molar refractivity (Wildman–Crippen MR) is 49.6 cm³/mol. The van der Waals surface area contributed by atoms with Crippen LogP contribution < -0.4 is 0 Å². The van der Waals surface area contributed by atoms with Crippen LogP contribution in [0.5, 0.6) is 0 Å². The zero-order chi connectivity index (χ0) is 10.1. The van der Waals surface area contributed by atoms with Crippen LogP contribution in [0, 0.1) is 17.3 Å². The summed E-state index contributed by atoms with van der Waals surface area (Å²) in [7, 11) is 0. The summed E-state index contributed by atoms with van der Waals surface area (Å²) >= 11 is 0. The van der Waals surface area contributed by atoms with Crippen LogP contribution in [0.25, 0.3) is 0 Å². The number of fused-ring (bicyclic) bond motifs is 1. The van der Waals surface area contributed by atoms with Crippen LogP contribution in [0.1, 0.15) is 27.2 Å². The highest BCUT2D eigenvalue weighted by Crippen LogP contribution is 2.58. The molecular weight excluding hydrogens is 180 g/mol. The molecule has 2 bridgehead atoms. The average Bonchev–Trinajstić information content (AvgIpc) is 2.69. The molecule has 3 fully saturated rings. The van der Waals surface area contributed by atoms with Crippen LogP contribution in [0.15, 0.2) is 0 Å². The van der Waals surface area contributed by atoms with Crippen molar-refractivity contribution in [3.05, 3.63) is 0 Å². The Kier molecular flexibility index (Phi) is 1.45. The number of carbonyl (C=O) groups excluding carboxylic acids is 1. The molecule has 0 radical (unpaired) electrons. The van der Waals surface area contributed by atoms with Crippen molar-refractivity contribution < 1.29 is 14.3 Å². The van der Waals surface area contributed by atoms with E-state index in [1.165, 1.54) is 0 Å². The predicted octanol–water partition coefficient (Wildman–Crippen LogP) is 1.36. The molecule has 0 spiro atoms. The van der Waals surface area contributed by atoms with Crippen molar-refractivity contribution in [2.45, 2.75) is 45.5 Å². The minimum Gasteiger partial charge on any atom is -0.459 e. The second-order valence-corrected chi connectivity index (χ2v) is 5.31. The Balaban J connectivity index is 2.03. The fourth-order valence-corrected chi connectivity index (χ4v) is 3.26. The third kappa shape index (κ3) is 0.724. The van der Waals surface area contributed by atoms with Gasteiger partial charge in [0, 0.05) is 5.41 Å². The Labute approximate surface area is 83.8 Å². The number of esters is 1. The van der Waals surface area contributed by atoms with Gasteiger partial charge in [-0.1, -0.05) is 20.8 Å². The highest BCUT2D eigenvalue weighted by atomic mass is 16.6. The lowest BCUT2D eigenvalue weighted by Crippen LogP contribution is -2.45. The summed E-state index contributed by atoms with van der Waals surface area (Å²) in [6, 6.07) is 0. The summed E-state index contributed by atoms with van der Waals surface area (Å²) < 4.78 is 11.3. The molecular formula is C11H16O3. The van der Waals surface area contributed by atoms with Crippen LogP contribution in [0.4, 0.5) is 0 Å². The summed E-state index contributed by atoms with van der Waals surface area (Å²) in [5.74, 6) is 0.498. The third-order valence-electron chi connectivity index (χ3n) is 4.58. The van der Waals surface area contributed by atoms with Gasteiger partial charge in [-0.05, 0) is 12.3 Å². The summed E-state index contributed by atoms with van der Waals surface area (Å²) in [5, 5.41) is 0. The van der Waals surface area contributed by atoms with E-state index in [4.69, 9.17) is 9.47 Å². The van der Waals surface area contributed by atoms with E-state index in [9.17, 15) is 4.79 Å². The normalized spacial score (nSPS) is 54.4. The van der Waals surface area contributed by atoms with Crippen molar-refractivity contribution in [3.8, 4) is 0 Å². The molecule has 3 rings (SSSR count). The zero-order valence-electron chi connectivity index (χ0n) is 8.82. The van der Waals surface area contributed by atoms with E-state index >= 15 is 0 Å². The lowest BCUT2D eigenvalue weighted by atomic mass is 9.65. The van der Waals surface area contributed by atoms with E-state index in [-0.39, 0.29) is 35.6 Å². The SMILES string of the molecule is CC(C)C1(C)C2CC3C(=O)OC1C3O2. The quantitative estimate of drug-likeness (QED) is 0.594. The summed E-state index contributed by atoms with van der Waals surface area (Å²) in [6.07, 6.45) is 1.17. The van der Waals surface area contributed by atoms with E-state index in [1.54, 1.807) is 0 Å². The van der Waals surface area contributed by atoms with Crippen molar-refractivity contribution in [1.82, 2.24) is 0 Å².